The molecule has 2 N–H and O–H groups in total. The van der Waals surface area contributed by atoms with Crippen LogP contribution in [0.5, 0.6) is 0 Å². The van der Waals surface area contributed by atoms with Gasteiger partial charge in [0.05, 0.1) is 10.9 Å². The molecule has 0 spiro atoms. The first-order chi connectivity index (χ1) is 7.14. The van der Waals surface area contributed by atoms with E-state index in [-0.39, 0.29) is 17.1 Å². The summed E-state index contributed by atoms with van der Waals surface area (Å²) in [6.45, 7) is 0. The molecule has 0 radical (unpaired) electrons. The molecule has 1 fully saturated rings. The van der Waals surface area contributed by atoms with Gasteiger partial charge in [0.25, 0.3) is 0 Å². The molecule has 0 bridgehead atoms. The van der Waals surface area contributed by atoms with E-state index >= 15 is 0 Å². The van der Waals surface area contributed by atoms with E-state index in [2.05, 4.69) is 0 Å². The molecule has 82 valence electrons. The number of alkyl halides is 1. The predicted octanol–water partition coefficient (Wildman–Crippen LogP) is 2.18. The van der Waals surface area contributed by atoms with Gasteiger partial charge in [-0.15, -0.1) is 11.6 Å². The summed E-state index contributed by atoms with van der Waals surface area (Å²) >= 11 is 6.20. The number of carbonyl (C=O) groups excluding carboxylic acids is 1. The fourth-order valence-electron chi connectivity index (χ4n) is 2.46. The van der Waals surface area contributed by atoms with Gasteiger partial charge in [-0.05, 0) is 12.8 Å². The lowest BCUT2D eigenvalue weighted by atomic mass is 9.70. The number of allylic oxidation sites excluding steroid dienone is 3. The minimum absolute atomic E-state index is 0.0445. The Morgan fingerprint density at radius 2 is 2.07 bits per heavy atom. The SMILES string of the molecule is NC1(C2C=CC=CC2Cl)CCCCC1=O. The number of hydrogen-bond acceptors (Lipinski definition) is 2. The Balaban J connectivity index is 2.23. The molecule has 0 aromatic carbocycles. The number of hydrogen-bond donors (Lipinski definition) is 1. The summed E-state index contributed by atoms with van der Waals surface area (Å²) in [7, 11) is 0. The summed E-state index contributed by atoms with van der Waals surface area (Å²) in [6, 6.07) is 0. The van der Waals surface area contributed by atoms with E-state index in [1.54, 1.807) is 0 Å². The highest BCUT2D eigenvalue weighted by Crippen LogP contribution is 2.35. The second-order valence-electron chi connectivity index (χ2n) is 4.41. The van der Waals surface area contributed by atoms with Crippen LogP contribution in [0.3, 0.4) is 0 Å². The van der Waals surface area contributed by atoms with Crippen LogP contribution in [-0.2, 0) is 4.79 Å². The van der Waals surface area contributed by atoms with Crippen molar-refractivity contribution in [2.45, 2.75) is 36.6 Å². The Labute approximate surface area is 95.2 Å². The Morgan fingerprint density at radius 3 is 2.73 bits per heavy atom. The van der Waals surface area contributed by atoms with Crippen LogP contribution in [0.1, 0.15) is 25.7 Å². The van der Waals surface area contributed by atoms with Gasteiger partial charge in [-0.2, -0.15) is 0 Å². The van der Waals surface area contributed by atoms with Gasteiger partial charge in [0.2, 0.25) is 0 Å². The van der Waals surface area contributed by atoms with Crippen LogP contribution in [0.15, 0.2) is 24.3 Å². The maximum Gasteiger partial charge on any atom is 0.153 e. The number of rotatable bonds is 1. The molecule has 1 saturated carbocycles. The van der Waals surface area contributed by atoms with Crippen LogP contribution < -0.4 is 5.73 Å². The molecule has 2 aliphatic carbocycles. The Kier molecular flexibility index (Phi) is 2.98. The van der Waals surface area contributed by atoms with E-state index < -0.39 is 5.54 Å². The van der Waals surface area contributed by atoms with E-state index in [0.717, 1.165) is 19.3 Å². The monoisotopic (exact) mass is 225 g/mol. The normalized spacial score (nSPS) is 40.8. The molecule has 3 unspecified atom stereocenters. The highest BCUT2D eigenvalue weighted by Gasteiger charge is 2.44. The van der Waals surface area contributed by atoms with E-state index in [1.807, 2.05) is 24.3 Å². The molecule has 15 heavy (non-hydrogen) atoms. The number of halogens is 1. The van der Waals surface area contributed by atoms with Gasteiger partial charge in [-0.1, -0.05) is 30.7 Å². The standard InChI is InChI=1S/C12H16ClNO/c13-10-6-2-1-5-9(10)12(14)8-4-3-7-11(12)15/h1-2,5-6,9-10H,3-4,7-8,14H2. The van der Waals surface area contributed by atoms with Crippen LogP contribution in [0, 0.1) is 5.92 Å². The van der Waals surface area contributed by atoms with E-state index in [0.29, 0.717) is 6.42 Å². The van der Waals surface area contributed by atoms with Crippen molar-refractivity contribution >= 4 is 17.4 Å². The topological polar surface area (TPSA) is 43.1 Å². The van der Waals surface area contributed by atoms with Crippen LogP contribution in [0.2, 0.25) is 0 Å². The third-order valence-electron chi connectivity index (χ3n) is 3.43. The largest absolute Gasteiger partial charge is 0.318 e. The molecule has 2 nitrogen and oxygen atoms in total. The van der Waals surface area contributed by atoms with E-state index in [9.17, 15) is 4.79 Å². The van der Waals surface area contributed by atoms with Crippen LogP contribution in [-0.4, -0.2) is 16.7 Å². The number of carbonyl (C=O) groups is 1. The molecule has 0 aliphatic heterocycles. The Bertz CT molecular complexity index is 324. The molecular weight excluding hydrogens is 210 g/mol. The van der Waals surface area contributed by atoms with Gasteiger partial charge in [-0.25, -0.2) is 0 Å². The average molecular weight is 226 g/mol. The average Bonchev–Trinajstić information content (AvgIpc) is 2.23. The fourth-order valence-corrected chi connectivity index (χ4v) is 2.86. The maximum atomic E-state index is 11.9. The lowest BCUT2D eigenvalue weighted by Crippen LogP contribution is -2.57. The predicted molar refractivity (Wildman–Crippen MR) is 61.8 cm³/mol. The first-order valence-corrected chi connectivity index (χ1v) is 5.89. The number of Topliss-reactive ketones (excluding diaryl/α,β-unsaturated/α-hetero) is 1. The summed E-state index contributed by atoms with van der Waals surface area (Å²) in [5, 5.41) is -0.151. The molecular formula is C12H16ClNO. The zero-order chi connectivity index (χ0) is 10.9. The summed E-state index contributed by atoms with van der Waals surface area (Å²) in [6.07, 6.45) is 11.1. The summed E-state index contributed by atoms with van der Waals surface area (Å²) in [5.41, 5.74) is 5.52. The van der Waals surface area contributed by atoms with Gasteiger partial charge in [0.15, 0.2) is 5.78 Å². The molecule has 0 aromatic heterocycles. The highest BCUT2D eigenvalue weighted by atomic mass is 35.5. The molecule has 3 atom stereocenters. The highest BCUT2D eigenvalue weighted by molar-refractivity contribution is 6.22. The number of nitrogens with two attached hydrogens (primary N) is 1. The summed E-state index contributed by atoms with van der Waals surface area (Å²) < 4.78 is 0. The third-order valence-corrected chi connectivity index (χ3v) is 3.84. The van der Waals surface area contributed by atoms with Crippen molar-refractivity contribution in [1.29, 1.82) is 0 Å². The van der Waals surface area contributed by atoms with Crippen molar-refractivity contribution in [3.8, 4) is 0 Å². The van der Waals surface area contributed by atoms with Crippen molar-refractivity contribution in [3.05, 3.63) is 24.3 Å². The minimum atomic E-state index is -0.730. The molecule has 2 aliphatic rings. The zero-order valence-corrected chi connectivity index (χ0v) is 9.41. The van der Waals surface area contributed by atoms with Gasteiger partial charge in [0, 0.05) is 12.3 Å². The van der Waals surface area contributed by atoms with Crippen molar-refractivity contribution in [1.82, 2.24) is 0 Å². The first-order valence-electron chi connectivity index (χ1n) is 5.46. The van der Waals surface area contributed by atoms with Crippen molar-refractivity contribution < 1.29 is 4.79 Å². The van der Waals surface area contributed by atoms with Crippen molar-refractivity contribution in [2.75, 3.05) is 0 Å². The molecule has 0 saturated heterocycles. The van der Waals surface area contributed by atoms with Gasteiger partial charge < -0.3 is 5.73 Å². The molecule has 0 amide bonds. The van der Waals surface area contributed by atoms with E-state index in [4.69, 9.17) is 17.3 Å². The minimum Gasteiger partial charge on any atom is -0.318 e. The zero-order valence-electron chi connectivity index (χ0n) is 8.66. The second-order valence-corrected chi connectivity index (χ2v) is 4.91. The Morgan fingerprint density at radius 1 is 1.33 bits per heavy atom. The third kappa shape index (κ3) is 1.88. The fraction of sp³-hybridized carbons (Fsp3) is 0.583. The van der Waals surface area contributed by atoms with E-state index in [1.165, 1.54) is 0 Å². The first kappa shape index (κ1) is 10.9. The second kappa shape index (κ2) is 4.11. The van der Waals surface area contributed by atoms with Gasteiger partial charge >= 0.3 is 0 Å². The maximum absolute atomic E-state index is 11.9. The van der Waals surface area contributed by atoms with Crippen molar-refractivity contribution in [2.24, 2.45) is 11.7 Å². The summed E-state index contributed by atoms with van der Waals surface area (Å²) in [5.74, 6) is 0.126. The molecule has 3 heteroatoms. The lowest BCUT2D eigenvalue weighted by Gasteiger charge is -2.39. The Hall–Kier alpha value is -0.600. The lowest BCUT2D eigenvalue weighted by molar-refractivity contribution is -0.127. The van der Waals surface area contributed by atoms with Crippen LogP contribution in [0.4, 0.5) is 0 Å². The quantitative estimate of drug-likeness (QED) is 0.696. The molecule has 0 aromatic rings. The molecule has 2 rings (SSSR count). The van der Waals surface area contributed by atoms with Crippen LogP contribution in [0.25, 0.3) is 0 Å². The van der Waals surface area contributed by atoms with Gasteiger partial charge in [-0.3, -0.25) is 4.79 Å². The van der Waals surface area contributed by atoms with Crippen LogP contribution >= 0.6 is 11.6 Å². The van der Waals surface area contributed by atoms with Gasteiger partial charge in [0.1, 0.15) is 0 Å². The smallest absolute Gasteiger partial charge is 0.153 e. The van der Waals surface area contributed by atoms with Crippen molar-refractivity contribution in [3.63, 3.8) is 0 Å². The molecule has 0 heterocycles. The number of ketones is 1. The summed E-state index contributed by atoms with van der Waals surface area (Å²) in [4.78, 5) is 11.9.